The van der Waals surface area contributed by atoms with Gasteiger partial charge >= 0.3 is 0 Å². The maximum absolute atomic E-state index is 10.9. The number of hydrogen-bond donors (Lipinski definition) is 0. The van der Waals surface area contributed by atoms with Crippen LogP contribution in [-0.4, -0.2) is 31.5 Å². The highest BCUT2D eigenvalue weighted by Crippen LogP contribution is 2.21. The summed E-state index contributed by atoms with van der Waals surface area (Å²) >= 11 is 0. The van der Waals surface area contributed by atoms with Crippen LogP contribution in [0.3, 0.4) is 0 Å². The number of anilines is 1. The zero-order chi connectivity index (χ0) is 16.8. The van der Waals surface area contributed by atoms with Crippen LogP contribution in [0.1, 0.15) is 23.2 Å². The van der Waals surface area contributed by atoms with Gasteiger partial charge in [0.2, 0.25) is 0 Å². The van der Waals surface area contributed by atoms with Gasteiger partial charge in [-0.3, -0.25) is 4.79 Å². The van der Waals surface area contributed by atoms with Gasteiger partial charge in [0, 0.05) is 13.6 Å². The number of unbranched alkanes of at least 4 members (excludes halogenated alkanes) is 1. The van der Waals surface area contributed by atoms with Crippen molar-refractivity contribution in [2.24, 2.45) is 0 Å². The lowest BCUT2D eigenvalue weighted by molar-refractivity contribution is 0.111. The minimum atomic E-state index is 0.576. The second-order valence-electron chi connectivity index (χ2n) is 5.60. The minimum absolute atomic E-state index is 0.576. The highest BCUT2D eigenvalue weighted by atomic mass is 16.5. The first-order chi connectivity index (χ1) is 11.8. The van der Waals surface area contributed by atoms with Crippen molar-refractivity contribution in [3.8, 4) is 5.75 Å². The minimum Gasteiger partial charge on any atom is -0.493 e. The Morgan fingerprint density at radius 1 is 1.12 bits per heavy atom. The maximum Gasteiger partial charge on any atom is 0.298 e. The van der Waals surface area contributed by atoms with Crippen LogP contribution in [0.2, 0.25) is 0 Å². The molecular formula is C19H20N2O3. The molecule has 124 valence electrons. The van der Waals surface area contributed by atoms with Gasteiger partial charge in [0.05, 0.1) is 12.2 Å². The quantitative estimate of drug-likeness (QED) is 0.464. The summed E-state index contributed by atoms with van der Waals surface area (Å²) in [4.78, 5) is 17.4. The molecule has 0 aliphatic rings. The van der Waals surface area contributed by atoms with Gasteiger partial charge in [-0.2, -0.15) is 4.98 Å². The monoisotopic (exact) mass is 324 g/mol. The predicted octanol–water partition coefficient (Wildman–Crippen LogP) is 3.94. The molecular weight excluding hydrogens is 304 g/mol. The predicted molar refractivity (Wildman–Crippen MR) is 93.8 cm³/mol. The van der Waals surface area contributed by atoms with Crippen molar-refractivity contribution >= 4 is 23.4 Å². The number of fused-ring (bicyclic) bond motifs is 1. The maximum atomic E-state index is 10.9. The normalized spacial score (nSPS) is 10.7. The third-order valence-electron chi connectivity index (χ3n) is 3.80. The van der Waals surface area contributed by atoms with Crippen LogP contribution in [0, 0.1) is 0 Å². The van der Waals surface area contributed by atoms with E-state index in [4.69, 9.17) is 9.15 Å². The van der Waals surface area contributed by atoms with Crippen molar-refractivity contribution in [2.45, 2.75) is 12.8 Å². The van der Waals surface area contributed by atoms with Gasteiger partial charge in [-0.25, -0.2) is 0 Å². The number of benzene rings is 2. The Morgan fingerprint density at radius 2 is 1.92 bits per heavy atom. The molecule has 0 spiro atoms. The molecule has 3 aromatic rings. The second kappa shape index (κ2) is 7.64. The molecule has 1 heterocycles. The van der Waals surface area contributed by atoms with E-state index in [1.807, 2.05) is 54.4 Å². The highest BCUT2D eigenvalue weighted by Gasteiger charge is 2.09. The van der Waals surface area contributed by atoms with Gasteiger partial charge in [-0.15, -0.1) is 0 Å². The molecule has 5 nitrogen and oxygen atoms in total. The number of aromatic nitrogens is 1. The molecule has 0 saturated heterocycles. The summed E-state index contributed by atoms with van der Waals surface area (Å²) in [5.74, 6) is 0.639. The SMILES string of the molecule is CN(CCCCOc1ccccc1C=O)c1nc2ccccc2o1. The van der Waals surface area contributed by atoms with Crippen LogP contribution in [0.4, 0.5) is 6.01 Å². The fraction of sp³-hybridized carbons (Fsp3) is 0.263. The molecule has 24 heavy (non-hydrogen) atoms. The highest BCUT2D eigenvalue weighted by molar-refractivity contribution is 5.79. The summed E-state index contributed by atoms with van der Waals surface area (Å²) < 4.78 is 11.4. The number of hydrogen-bond acceptors (Lipinski definition) is 5. The first kappa shape index (κ1) is 16.1. The van der Waals surface area contributed by atoms with E-state index in [0.29, 0.717) is 23.9 Å². The van der Waals surface area contributed by atoms with Crippen molar-refractivity contribution in [2.75, 3.05) is 25.1 Å². The average Bonchev–Trinajstić information content (AvgIpc) is 3.06. The smallest absolute Gasteiger partial charge is 0.298 e. The largest absolute Gasteiger partial charge is 0.493 e. The molecule has 0 bridgehead atoms. The Kier molecular flexibility index (Phi) is 5.11. The van der Waals surface area contributed by atoms with Gasteiger partial charge in [-0.05, 0) is 37.1 Å². The van der Waals surface area contributed by atoms with Crippen LogP contribution in [-0.2, 0) is 0 Å². The van der Waals surface area contributed by atoms with Crippen molar-refractivity contribution in [3.05, 3.63) is 54.1 Å². The number of carbonyl (C=O) groups excluding carboxylic acids is 1. The molecule has 5 heteroatoms. The Balaban J connectivity index is 1.45. The van der Waals surface area contributed by atoms with E-state index in [1.54, 1.807) is 6.07 Å². The van der Waals surface area contributed by atoms with Crippen LogP contribution in [0.5, 0.6) is 5.75 Å². The van der Waals surface area contributed by atoms with E-state index in [2.05, 4.69) is 4.98 Å². The Hall–Kier alpha value is -2.82. The Morgan fingerprint density at radius 3 is 2.75 bits per heavy atom. The molecule has 0 aliphatic heterocycles. The third kappa shape index (κ3) is 3.74. The number of nitrogens with zero attached hydrogens (tertiary/aromatic N) is 2. The lowest BCUT2D eigenvalue weighted by Gasteiger charge is -2.14. The van der Waals surface area contributed by atoms with Gasteiger partial charge in [-0.1, -0.05) is 24.3 Å². The summed E-state index contributed by atoms with van der Waals surface area (Å²) in [5, 5.41) is 0. The summed E-state index contributed by atoms with van der Waals surface area (Å²) in [6, 6.07) is 15.6. The van der Waals surface area contributed by atoms with E-state index >= 15 is 0 Å². The number of ether oxygens (including phenoxy) is 1. The molecule has 0 radical (unpaired) electrons. The molecule has 1 aromatic heterocycles. The van der Waals surface area contributed by atoms with Crippen molar-refractivity contribution < 1.29 is 13.9 Å². The first-order valence-electron chi connectivity index (χ1n) is 8.01. The zero-order valence-corrected chi connectivity index (χ0v) is 13.6. The van der Waals surface area contributed by atoms with Gasteiger partial charge < -0.3 is 14.1 Å². The van der Waals surface area contributed by atoms with Crippen molar-refractivity contribution in [3.63, 3.8) is 0 Å². The summed E-state index contributed by atoms with van der Waals surface area (Å²) in [6.45, 7) is 1.40. The van der Waals surface area contributed by atoms with Gasteiger partial charge in [0.1, 0.15) is 11.3 Å². The molecule has 3 rings (SSSR count). The van der Waals surface area contributed by atoms with Crippen molar-refractivity contribution in [1.29, 1.82) is 0 Å². The molecule has 0 unspecified atom stereocenters. The molecule has 2 aromatic carbocycles. The zero-order valence-electron chi connectivity index (χ0n) is 13.6. The molecule has 0 atom stereocenters. The van der Waals surface area contributed by atoms with Crippen LogP contribution in [0.15, 0.2) is 52.9 Å². The number of rotatable bonds is 8. The fourth-order valence-electron chi connectivity index (χ4n) is 2.46. The topological polar surface area (TPSA) is 55.6 Å². The molecule has 0 fully saturated rings. The molecule has 0 aliphatic carbocycles. The van der Waals surface area contributed by atoms with Crippen molar-refractivity contribution in [1.82, 2.24) is 4.98 Å². The fourth-order valence-corrected chi connectivity index (χ4v) is 2.46. The van der Waals surface area contributed by atoms with E-state index in [9.17, 15) is 4.79 Å². The third-order valence-corrected chi connectivity index (χ3v) is 3.80. The van der Waals surface area contributed by atoms with E-state index in [0.717, 1.165) is 36.8 Å². The summed E-state index contributed by atoms with van der Waals surface area (Å²) in [6.07, 6.45) is 2.65. The van der Waals surface area contributed by atoms with Gasteiger partial charge in [0.15, 0.2) is 11.9 Å². The molecule has 0 amide bonds. The number of para-hydroxylation sites is 3. The average molecular weight is 324 g/mol. The number of carbonyl (C=O) groups is 1. The van der Waals surface area contributed by atoms with E-state index < -0.39 is 0 Å². The summed E-state index contributed by atoms with van der Waals surface area (Å²) in [7, 11) is 1.97. The first-order valence-corrected chi connectivity index (χ1v) is 8.01. The Bertz CT molecular complexity index is 780. The van der Waals surface area contributed by atoms with E-state index in [1.165, 1.54) is 0 Å². The molecule has 0 N–H and O–H groups in total. The Labute approximate surface area is 140 Å². The lowest BCUT2D eigenvalue weighted by Crippen LogP contribution is -2.19. The standard InChI is InChI=1S/C19H20N2O3/c1-21(19-20-16-9-3-5-11-18(16)24-19)12-6-7-13-23-17-10-4-2-8-15(17)14-22/h2-5,8-11,14H,6-7,12-13H2,1H3. The van der Waals surface area contributed by atoms with E-state index in [-0.39, 0.29) is 0 Å². The van der Waals surface area contributed by atoms with Gasteiger partial charge in [0.25, 0.3) is 6.01 Å². The number of aldehydes is 1. The molecule has 0 saturated carbocycles. The number of oxazole rings is 1. The van der Waals surface area contributed by atoms with Crippen LogP contribution in [0.25, 0.3) is 11.1 Å². The van der Waals surface area contributed by atoms with Crippen LogP contribution >= 0.6 is 0 Å². The lowest BCUT2D eigenvalue weighted by atomic mass is 10.2. The second-order valence-corrected chi connectivity index (χ2v) is 5.60. The summed E-state index contributed by atoms with van der Waals surface area (Å²) in [5.41, 5.74) is 2.25. The van der Waals surface area contributed by atoms with Crippen LogP contribution < -0.4 is 9.64 Å².